The number of Topliss-reactive ketones (excluding diaryl/α,β-unsaturated/α-hetero) is 2. The predicted molar refractivity (Wildman–Crippen MR) is 248 cm³/mol. The molecule has 14 atom stereocenters. The first-order chi connectivity index (χ1) is 31.8. The number of benzene rings is 1. The fourth-order valence-electron chi connectivity index (χ4n) is 10.8. The van der Waals surface area contributed by atoms with Crippen molar-refractivity contribution in [2.45, 2.75) is 179 Å². The van der Waals surface area contributed by atoms with Gasteiger partial charge in [0.25, 0.3) is 11.7 Å². The van der Waals surface area contributed by atoms with E-state index in [0.717, 1.165) is 16.0 Å². The summed E-state index contributed by atoms with van der Waals surface area (Å²) in [6.07, 6.45) is 2.21. The first-order valence-electron chi connectivity index (χ1n) is 24.3. The van der Waals surface area contributed by atoms with E-state index in [4.69, 9.17) is 28.4 Å². The largest absolute Gasteiger partial charge is 0.461 e. The molecule has 1 aromatic rings. The van der Waals surface area contributed by atoms with Crippen LogP contribution < -0.4 is 0 Å². The third-order valence-corrected chi connectivity index (χ3v) is 14.8. The van der Waals surface area contributed by atoms with Crippen molar-refractivity contribution in [2.75, 3.05) is 27.9 Å². The third kappa shape index (κ3) is 13.3. The zero-order valence-electron chi connectivity index (χ0n) is 41.1. The number of ketones is 2. The lowest BCUT2D eigenvalue weighted by Crippen LogP contribution is -2.64. The minimum atomic E-state index is -2.54. The molecule has 14 unspecified atom stereocenters. The van der Waals surface area contributed by atoms with E-state index in [9.17, 15) is 39.3 Å². The van der Waals surface area contributed by atoms with Crippen molar-refractivity contribution in [2.24, 2.45) is 29.6 Å². The molecule has 0 spiro atoms. The van der Waals surface area contributed by atoms with E-state index in [-0.39, 0.29) is 62.9 Å². The molecule has 1 saturated carbocycles. The summed E-state index contributed by atoms with van der Waals surface area (Å²) in [7, 11) is 4.52. The zero-order valence-corrected chi connectivity index (χ0v) is 41.1. The van der Waals surface area contributed by atoms with Crippen LogP contribution in [0.3, 0.4) is 0 Å². The number of hydrogen-bond acceptors (Lipinski definition) is 14. The minimum absolute atomic E-state index is 0.00534. The highest BCUT2D eigenvalue weighted by atomic mass is 16.7. The number of aliphatic hydroxyl groups excluding tert-OH is 1. The summed E-state index contributed by atoms with van der Waals surface area (Å²) in [6.45, 7) is 11.2. The topological polar surface area (TPSA) is 205 Å². The molecule has 1 aliphatic carbocycles. The quantitative estimate of drug-likeness (QED) is 0.140. The zero-order chi connectivity index (χ0) is 49.2. The maximum Gasteiger partial charge on any atom is 0.329 e. The van der Waals surface area contributed by atoms with Crippen LogP contribution in [-0.2, 0) is 59.0 Å². The van der Waals surface area contributed by atoms with Gasteiger partial charge in [-0.05, 0) is 101 Å². The van der Waals surface area contributed by atoms with Gasteiger partial charge in [-0.25, -0.2) is 4.79 Å². The minimum Gasteiger partial charge on any atom is -0.461 e. The predicted octanol–water partition coefficient (Wildman–Crippen LogP) is 5.98. The van der Waals surface area contributed by atoms with Gasteiger partial charge in [0.2, 0.25) is 5.79 Å². The second-order valence-corrected chi connectivity index (χ2v) is 19.9. The average molecular weight is 940 g/mol. The van der Waals surface area contributed by atoms with E-state index < -0.39 is 95.4 Å². The van der Waals surface area contributed by atoms with Crippen LogP contribution in [0.5, 0.6) is 0 Å². The summed E-state index contributed by atoms with van der Waals surface area (Å²) in [6, 6.07) is 8.07. The lowest BCUT2D eigenvalue weighted by molar-refractivity contribution is -0.302. The number of esters is 2. The smallest absolute Gasteiger partial charge is 0.329 e. The van der Waals surface area contributed by atoms with Crippen molar-refractivity contribution in [1.82, 2.24) is 4.90 Å². The van der Waals surface area contributed by atoms with E-state index in [1.54, 1.807) is 20.8 Å². The molecule has 3 N–H and O–H groups in total. The van der Waals surface area contributed by atoms with Gasteiger partial charge in [0, 0.05) is 52.0 Å². The Labute approximate surface area is 396 Å². The molecular weight excluding hydrogens is 863 g/mol. The number of piperidine rings is 1. The molecule has 0 radical (unpaired) electrons. The maximum atomic E-state index is 14.5. The van der Waals surface area contributed by atoms with Gasteiger partial charge in [-0.15, -0.1) is 0 Å². The lowest BCUT2D eigenvalue weighted by atomic mass is 9.74. The standard InChI is InChI=1S/C52H77NO14/c1-10-38-23-31(2)22-32(3)24-42(62-7)47-43(63-8)26-34(5)52(61,67-47)48(57)49(58)53-21-15-14-18-39(53)50(59)66-46(35(6)40(54)28-41(38)55)33(4)25-37-19-20-51(60,44(27-37)64-9)29-45(56)65-30-36-16-12-11-13-17-36/h11-13,16-17,23,25,32,34-35,37-40,42-44,46-47,54,60-61H,10,14-15,18-22,24,26-30H2,1-9H3. The highest BCUT2D eigenvalue weighted by molar-refractivity contribution is 6.39. The fraction of sp³-hybridized carbons (Fsp3) is 0.712. The number of cyclic esters (lactones) is 1. The van der Waals surface area contributed by atoms with Crippen LogP contribution in [0, 0.1) is 29.6 Å². The monoisotopic (exact) mass is 940 g/mol. The highest BCUT2D eigenvalue weighted by Crippen LogP contribution is 2.41. The Kier molecular flexibility index (Phi) is 19.5. The molecule has 15 heteroatoms. The number of hydrogen-bond donors (Lipinski definition) is 3. The van der Waals surface area contributed by atoms with Gasteiger partial charge in [-0.2, -0.15) is 0 Å². The van der Waals surface area contributed by atoms with Gasteiger partial charge in [-0.1, -0.05) is 75.8 Å². The fourth-order valence-corrected chi connectivity index (χ4v) is 10.8. The Bertz CT molecular complexity index is 1920. The number of carbonyl (C=O) groups excluding carboxylic acids is 5. The number of carbonyl (C=O) groups is 5. The molecule has 4 aliphatic rings. The molecule has 5 rings (SSSR count). The SMILES string of the molecule is CCC1C=C(C)CC(C)CC(OC)C2OC(O)(C(=O)C(=O)N3CCCCC3C(=O)OC(C(C)=CC3CCC(O)(CC(=O)OCc4ccccc4)C(OC)C3)C(C)C(O)CC1=O)C(C)CC2OC. The van der Waals surface area contributed by atoms with Crippen LogP contribution in [0.1, 0.15) is 124 Å². The molecule has 2 bridgehead atoms. The van der Waals surface area contributed by atoms with Crippen LogP contribution in [0.25, 0.3) is 0 Å². The molecule has 15 nitrogen and oxygen atoms in total. The van der Waals surface area contributed by atoms with Crippen molar-refractivity contribution >= 4 is 29.4 Å². The number of methoxy groups -OCH3 is 3. The first kappa shape index (κ1) is 54.1. The van der Waals surface area contributed by atoms with Gasteiger partial charge in [0.1, 0.15) is 36.2 Å². The number of ether oxygens (including phenoxy) is 6. The van der Waals surface area contributed by atoms with E-state index >= 15 is 0 Å². The van der Waals surface area contributed by atoms with Crippen LogP contribution >= 0.6 is 0 Å². The van der Waals surface area contributed by atoms with Crippen LogP contribution in [-0.4, -0.2) is 132 Å². The Hall–Kier alpha value is -3.83. The number of rotatable bonds is 10. The maximum absolute atomic E-state index is 14.5. The molecule has 1 amide bonds. The third-order valence-electron chi connectivity index (χ3n) is 14.8. The Balaban J connectivity index is 1.46. The van der Waals surface area contributed by atoms with Gasteiger partial charge in [0.05, 0.1) is 30.8 Å². The van der Waals surface area contributed by atoms with Crippen LogP contribution in [0.2, 0.25) is 0 Å². The first-order valence-corrected chi connectivity index (χ1v) is 24.3. The Morgan fingerprint density at radius 1 is 0.925 bits per heavy atom. The lowest BCUT2D eigenvalue weighted by Gasteiger charge is -2.47. The summed E-state index contributed by atoms with van der Waals surface area (Å²) in [4.78, 5) is 71.3. The highest BCUT2D eigenvalue weighted by Gasteiger charge is 2.57. The normalized spacial score (nSPS) is 36.9. The van der Waals surface area contributed by atoms with Gasteiger partial charge < -0.3 is 48.6 Å². The van der Waals surface area contributed by atoms with Crippen LogP contribution in [0.15, 0.2) is 53.6 Å². The van der Waals surface area contributed by atoms with Gasteiger partial charge in [0.15, 0.2) is 0 Å². The second kappa shape index (κ2) is 24.1. The molecule has 2 saturated heterocycles. The van der Waals surface area contributed by atoms with E-state index in [1.165, 1.54) is 21.3 Å². The van der Waals surface area contributed by atoms with Gasteiger partial charge >= 0.3 is 11.9 Å². The number of aliphatic hydroxyl groups is 3. The Morgan fingerprint density at radius 3 is 2.27 bits per heavy atom. The van der Waals surface area contributed by atoms with Crippen molar-refractivity contribution < 1.29 is 67.7 Å². The van der Waals surface area contributed by atoms with Crippen LogP contribution in [0.4, 0.5) is 0 Å². The molecule has 67 heavy (non-hydrogen) atoms. The molecule has 0 aromatic heterocycles. The van der Waals surface area contributed by atoms with Gasteiger partial charge in [-0.3, -0.25) is 19.2 Å². The van der Waals surface area contributed by atoms with Crippen molar-refractivity contribution in [1.29, 1.82) is 0 Å². The van der Waals surface area contributed by atoms with Crippen molar-refractivity contribution in [3.8, 4) is 0 Å². The molecule has 1 aromatic carbocycles. The molecule has 3 aliphatic heterocycles. The Morgan fingerprint density at radius 2 is 1.61 bits per heavy atom. The number of amides is 1. The molecular formula is C52H77NO14. The summed E-state index contributed by atoms with van der Waals surface area (Å²) in [5.74, 6) is -8.65. The molecule has 374 valence electrons. The molecule has 3 fully saturated rings. The number of nitrogens with zero attached hydrogens (tertiary/aromatic N) is 1. The van der Waals surface area contributed by atoms with E-state index in [1.807, 2.05) is 63.3 Å². The van der Waals surface area contributed by atoms with E-state index in [0.29, 0.717) is 50.5 Å². The number of fused-ring (bicyclic) bond motifs is 3. The second-order valence-electron chi connectivity index (χ2n) is 19.9. The summed E-state index contributed by atoms with van der Waals surface area (Å²) in [5.41, 5.74) is 0.875. The molecule has 3 heterocycles. The number of allylic oxidation sites excluding steroid dienone is 3. The van der Waals surface area contributed by atoms with Crippen molar-refractivity contribution in [3.05, 3.63) is 59.2 Å². The summed E-state index contributed by atoms with van der Waals surface area (Å²) < 4.78 is 35.6. The summed E-state index contributed by atoms with van der Waals surface area (Å²) in [5, 5.41) is 35.7. The average Bonchev–Trinajstić information content (AvgIpc) is 3.31. The summed E-state index contributed by atoms with van der Waals surface area (Å²) >= 11 is 0. The van der Waals surface area contributed by atoms with Crippen molar-refractivity contribution in [3.63, 3.8) is 0 Å². The van der Waals surface area contributed by atoms with E-state index in [2.05, 4.69) is 0 Å².